The zero-order chi connectivity index (χ0) is 18.9. The van der Waals surface area contributed by atoms with E-state index < -0.39 is 10.5 Å². The number of nitro benzene ring substituents is 1. The molecular weight excluding hydrogens is 326 g/mol. The SMILES string of the molecule is COc1cc(OCCCCCCC(=O)OC(C)(C)C)ccc1[N+](=O)[O-]. The normalized spacial score (nSPS) is 11.0. The highest BCUT2D eigenvalue weighted by atomic mass is 16.6. The Hall–Kier alpha value is -2.31. The lowest BCUT2D eigenvalue weighted by Gasteiger charge is -2.19. The van der Waals surface area contributed by atoms with Crippen molar-refractivity contribution in [2.24, 2.45) is 0 Å². The fraction of sp³-hybridized carbons (Fsp3) is 0.611. The Morgan fingerprint density at radius 2 is 1.84 bits per heavy atom. The molecule has 0 spiro atoms. The van der Waals surface area contributed by atoms with Crippen molar-refractivity contribution in [3.63, 3.8) is 0 Å². The highest BCUT2D eigenvalue weighted by molar-refractivity contribution is 5.69. The van der Waals surface area contributed by atoms with E-state index in [4.69, 9.17) is 14.2 Å². The summed E-state index contributed by atoms with van der Waals surface area (Å²) in [5.74, 6) is 0.554. The summed E-state index contributed by atoms with van der Waals surface area (Å²) in [5.41, 5.74) is -0.520. The zero-order valence-electron chi connectivity index (χ0n) is 15.4. The van der Waals surface area contributed by atoms with Gasteiger partial charge in [0.15, 0.2) is 0 Å². The summed E-state index contributed by atoms with van der Waals surface area (Å²) in [4.78, 5) is 21.9. The topological polar surface area (TPSA) is 87.9 Å². The van der Waals surface area contributed by atoms with Gasteiger partial charge in [-0.3, -0.25) is 14.9 Å². The van der Waals surface area contributed by atoms with Gasteiger partial charge in [0.25, 0.3) is 0 Å². The molecule has 0 aliphatic heterocycles. The summed E-state index contributed by atoms with van der Waals surface area (Å²) in [7, 11) is 1.39. The molecule has 25 heavy (non-hydrogen) atoms. The van der Waals surface area contributed by atoms with Crippen LogP contribution < -0.4 is 9.47 Å². The van der Waals surface area contributed by atoms with Crippen molar-refractivity contribution in [2.45, 2.75) is 58.5 Å². The van der Waals surface area contributed by atoms with Gasteiger partial charge >= 0.3 is 11.7 Å². The molecule has 0 unspecified atom stereocenters. The van der Waals surface area contributed by atoms with Crippen LogP contribution in [-0.4, -0.2) is 30.2 Å². The number of carbonyl (C=O) groups excluding carboxylic acids is 1. The highest BCUT2D eigenvalue weighted by Gasteiger charge is 2.16. The van der Waals surface area contributed by atoms with Crippen molar-refractivity contribution < 1.29 is 23.9 Å². The molecule has 0 amide bonds. The molecule has 1 aromatic rings. The maximum atomic E-state index is 11.6. The number of ether oxygens (including phenoxy) is 3. The van der Waals surface area contributed by atoms with Crippen LogP contribution in [-0.2, 0) is 9.53 Å². The van der Waals surface area contributed by atoms with Crippen LogP contribution in [0.15, 0.2) is 18.2 Å². The van der Waals surface area contributed by atoms with Gasteiger partial charge in [-0.1, -0.05) is 12.8 Å². The Labute approximate surface area is 148 Å². The molecule has 1 aromatic carbocycles. The second-order valence-corrected chi connectivity index (χ2v) is 6.69. The molecule has 0 radical (unpaired) electrons. The van der Waals surface area contributed by atoms with E-state index in [0.29, 0.717) is 18.8 Å². The van der Waals surface area contributed by atoms with Crippen LogP contribution in [0.4, 0.5) is 5.69 Å². The van der Waals surface area contributed by atoms with Crippen LogP contribution in [0.2, 0.25) is 0 Å². The van der Waals surface area contributed by atoms with E-state index >= 15 is 0 Å². The van der Waals surface area contributed by atoms with Crippen molar-refractivity contribution in [3.8, 4) is 11.5 Å². The number of nitro groups is 1. The third-order valence-corrected chi connectivity index (χ3v) is 3.31. The van der Waals surface area contributed by atoms with Gasteiger partial charge in [-0.05, 0) is 39.7 Å². The molecule has 0 aromatic heterocycles. The minimum absolute atomic E-state index is 0.0861. The molecule has 0 heterocycles. The zero-order valence-corrected chi connectivity index (χ0v) is 15.4. The first-order valence-electron chi connectivity index (χ1n) is 8.40. The maximum absolute atomic E-state index is 11.6. The molecule has 7 heteroatoms. The van der Waals surface area contributed by atoms with E-state index in [1.807, 2.05) is 20.8 Å². The molecular formula is C18H27NO6. The monoisotopic (exact) mass is 353 g/mol. The molecule has 0 fully saturated rings. The Kier molecular flexibility index (Phi) is 8.18. The van der Waals surface area contributed by atoms with E-state index in [9.17, 15) is 14.9 Å². The van der Waals surface area contributed by atoms with Crippen molar-refractivity contribution in [3.05, 3.63) is 28.3 Å². The van der Waals surface area contributed by atoms with Gasteiger partial charge in [0.05, 0.1) is 18.6 Å². The fourth-order valence-corrected chi connectivity index (χ4v) is 2.21. The molecule has 0 aliphatic carbocycles. The lowest BCUT2D eigenvalue weighted by Crippen LogP contribution is -2.23. The predicted molar refractivity (Wildman–Crippen MR) is 94.1 cm³/mol. The summed E-state index contributed by atoms with van der Waals surface area (Å²) < 4.78 is 15.8. The van der Waals surface area contributed by atoms with Gasteiger partial charge in [-0.2, -0.15) is 0 Å². The van der Waals surface area contributed by atoms with Crippen LogP contribution in [0.25, 0.3) is 0 Å². The van der Waals surface area contributed by atoms with Crippen LogP contribution in [0, 0.1) is 10.1 Å². The van der Waals surface area contributed by atoms with Crippen LogP contribution in [0.5, 0.6) is 11.5 Å². The fourth-order valence-electron chi connectivity index (χ4n) is 2.21. The average Bonchev–Trinajstić information content (AvgIpc) is 2.51. The minimum atomic E-state index is -0.493. The van der Waals surface area contributed by atoms with Crippen LogP contribution in [0.3, 0.4) is 0 Å². The average molecular weight is 353 g/mol. The third kappa shape index (κ3) is 8.37. The van der Waals surface area contributed by atoms with E-state index in [2.05, 4.69) is 0 Å². The lowest BCUT2D eigenvalue weighted by atomic mass is 10.1. The number of rotatable bonds is 10. The Morgan fingerprint density at radius 3 is 2.44 bits per heavy atom. The summed E-state index contributed by atoms with van der Waals surface area (Å²) in [6, 6.07) is 4.44. The molecule has 0 bridgehead atoms. The molecule has 1 rings (SSSR count). The van der Waals surface area contributed by atoms with Crippen LogP contribution >= 0.6 is 0 Å². The van der Waals surface area contributed by atoms with Gasteiger partial charge in [-0.25, -0.2) is 0 Å². The van der Waals surface area contributed by atoms with E-state index in [0.717, 1.165) is 25.7 Å². The minimum Gasteiger partial charge on any atom is -0.493 e. The number of hydrogen-bond acceptors (Lipinski definition) is 6. The molecule has 0 aliphatic rings. The number of benzene rings is 1. The Morgan fingerprint density at radius 1 is 1.16 bits per heavy atom. The highest BCUT2D eigenvalue weighted by Crippen LogP contribution is 2.30. The van der Waals surface area contributed by atoms with Crippen molar-refractivity contribution in [2.75, 3.05) is 13.7 Å². The summed E-state index contributed by atoms with van der Waals surface area (Å²) >= 11 is 0. The number of unbranched alkanes of at least 4 members (excludes halogenated alkanes) is 3. The first-order valence-corrected chi connectivity index (χ1v) is 8.40. The van der Waals surface area contributed by atoms with Gasteiger partial charge in [0.1, 0.15) is 11.4 Å². The first kappa shape index (κ1) is 20.7. The second kappa shape index (κ2) is 9.86. The van der Waals surface area contributed by atoms with Crippen molar-refractivity contribution >= 4 is 11.7 Å². The van der Waals surface area contributed by atoms with Gasteiger partial charge in [0.2, 0.25) is 5.75 Å². The maximum Gasteiger partial charge on any atom is 0.311 e. The number of methoxy groups -OCH3 is 1. The quantitative estimate of drug-likeness (QED) is 0.270. The second-order valence-electron chi connectivity index (χ2n) is 6.69. The van der Waals surface area contributed by atoms with E-state index in [1.54, 1.807) is 6.07 Å². The molecule has 0 saturated heterocycles. The Bertz CT molecular complexity index is 579. The van der Waals surface area contributed by atoms with Crippen LogP contribution in [0.1, 0.15) is 52.9 Å². The molecule has 0 saturated carbocycles. The third-order valence-electron chi connectivity index (χ3n) is 3.31. The first-order chi connectivity index (χ1) is 11.7. The Balaban J connectivity index is 2.22. The number of nitrogens with zero attached hydrogens (tertiary/aromatic N) is 1. The summed E-state index contributed by atoms with van der Waals surface area (Å²) in [6.45, 7) is 6.08. The molecule has 0 N–H and O–H groups in total. The number of hydrogen-bond donors (Lipinski definition) is 0. The van der Waals surface area contributed by atoms with Crippen molar-refractivity contribution in [1.29, 1.82) is 0 Å². The van der Waals surface area contributed by atoms with Gasteiger partial charge in [-0.15, -0.1) is 0 Å². The van der Waals surface area contributed by atoms with Gasteiger partial charge in [0, 0.05) is 18.6 Å². The number of esters is 1. The molecule has 7 nitrogen and oxygen atoms in total. The number of carbonyl (C=O) groups is 1. The smallest absolute Gasteiger partial charge is 0.311 e. The van der Waals surface area contributed by atoms with E-state index in [1.165, 1.54) is 19.2 Å². The lowest BCUT2D eigenvalue weighted by molar-refractivity contribution is -0.385. The van der Waals surface area contributed by atoms with Gasteiger partial charge < -0.3 is 14.2 Å². The van der Waals surface area contributed by atoms with E-state index in [-0.39, 0.29) is 17.4 Å². The summed E-state index contributed by atoms with van der Waals surface area (Å²) in [5, 5.41) is 10.8. The largest absolute Gasteiger partial charge is 0.493 e. The standard InChI is InChI=1S/C18H27NO6/c1-18(2,3)25-17(20)9-7-5-6-8-12-24-14-10-11-15(19(21)22)16(13-14)23-4/h10-11,13H,5-9,12H2,1-4H3. The summed E-state index contributed by atoms with van der Waals surface area (Å²) in [6.07, 6.45) is 3.92. The molecule has 0 atom stereocenters. The molecule has 140 valence electrons. The van der Waals surface area contributed by atoms with Crippen molar-refractivity contribution in [1.82, 2.24) is 0 Å². The predicted octanol–water partition coefficient (Wildman–Crippen LogP) is 4.27.